The molecular formula is C21H25NO3S. The van der Waals surface area contributed by atoms with Crippen LogP contribution in [0.2, 0.25) is 0 Å². The molecule has 0 saturated carbocycles. The Hall–Kier alpha value is -1.98. The summed E-state index contributed by atoms with van der Waals surface area (Å²) in [6, 6.07) is 14.3. The van der Waals surface area contributed by atoms with E-state index in [9.17, 15) is 4.79 Å². The molecule has 26 heavy (non-hydrogen) atoms. The molecule has 0 bridgehead atoms. The van der Waals surface area contributed by atoms with Crippen LogP contribution in [0.25, 0.3) is 0 Å². The van der Waals surface area contributed by atoms with Crippen molar-refractivity contribution in [3.05, 3.63) is 53.6 Å². The molecule has 4 nitrogen and oxygen atoms in total. The fourth-order valence-corrected chi connectivity index (χ4v) is 4.20. The molecule has 5 heteroatoms. The highest BCUT2D eigenvalue weighted by Gasteiger charge is 2.24. The van der Waals surface area contributed by atoms with Gasteiger partial charge in [0, 0.05) is 31.0 Å². The van der Waals surface area contributed by atoms with Gasteiger partial charge in [0.25, 0.3) is 0 Å². The van der Waals surface area contributed by atoms with Crippen LogP contribution in [0.3, 0.4) is 0 Å². The lowest BCUT2D eigenvalue weighted by atomic mass is 10.1. The van der Waals surface area contributed by atoms with Gasteiger partial charge in [-0.15, -0.1) is 11.8 Å². The van der Waals surface area contributed by atoms with Gasteiger partial charge < -0.3 is 14.4 Å². The second kappa shape index (κ2) is 9.10. The van der Waals surface area contributed by atoms with Gasteiger partial charge in [-0.25, -0.2) is 0 Å². The van der Waals surface area contributed by atoms with Crippen LogP contribution in [0.4, 0.5) is 5.69 Å². The summed E-state index contributed by atoms with van der Waals surface area (Å²) in [7, 11) is 3.37. The maximum atomic E-state index is 12.6. The molecule has 3 rings (SSSR count). The highest BCUT2D eigenvalue weighted by atomic mass is 32.2. The standard InChI is InChI=1S/C21H25NO3S/c1-24-15-17-6-3-4-7-20(17)26-13-5-8-21(23)22-12-11-16-9-10-18(25-2)14-19(16)22/h3-4,6-7,9-10,14H,5,8,11-13,15H2,1-2H3. The molecule has 0 unspecified atom stereocenters. The van der Waals surface area contributed by atoms with Gasteiger partial charge in [-0.3, -0.25) is 4.79 Å². The quantitative estimate of drug-likeness (QED) is 0.512. The van der Waals surface area contributed by atoms with Gasteiger partial charge in [0.2, 0.25) is 5.91 Å². The summed E-state index contributed by atoms with van der Waals surface area (Å²) in [5, 5.41) is 0. The van der Waals surface area contributed by atoms with E-state index in [1.165, 1.54) is 16.0 Å². The van der Waals surface area contributed by atoms with Crippen LogP contribution in [0.5, 0.6) is 5.75 Å². The van der Waals surface area contributed by atoms with Crippen molar-refractivity contribution in [1.82, 2.24) is 0 Å². The SMILES string of the molecule is COCc1ccccc1SCCCC(=O)N1CCc2ccc(OC)cc21. The number of benzene rings is 2. The zero-order valence-electron chi connectivity index (χ0n) is 15.4. The molecule has 1 aliphatic rings. The molecule has 0 N–H and O–H groups in total. The second-order valence-electron chi connectivity index (χ2n) is 6.28. The number of carbonyl (C=O) groups excluding carboxylic acids is 1. The van der Waals surface area contributed by atoms with Crippen LogP contribution < -0.4 is 9.64 Å². The third kappa shape index (κ3) is 4.40. The first kappa shape index (κ1) is 18.8. The van der Waals surface area contributed by atoms with E-state index in [4.69, 9.17) is 9.47 Å². The van der Waals surface area contributed by atoms with E-state index < -0.39 is 0 Å². The van der Waals surface area contributed by atoms with Gasteiger partial charge in [-0.1, -0.05) is 24.3 Å². The van der Waals surface area contributed by atoms with Gasteiger partial charge in [0.15, 0.2) is 0 Å². The van der Waals surface area contributed by atoms with Crippen molar-refractivity contribution in [1.29, 1.82) is 0 Å². The molecule has 1 aliphatic heterocycles. The van der Waals surface area contributed by atoms with E-state index in [-0.39, 0.29) is 5.91 Å². The van der Waals surface area contributed by atoms with Crippen molar-refractivity contribution in [2.75, 3.05) is 31.4 Å². The third-order valence-electron chi connectivity index (χ3n) is 4.55. The number of thioether (sulfide) groups is 1. The molecule has 138 valence electrons. The van der Waals surface area contributed by atoms with Crippen LogP contribution in [-0.4, -0.2) is 32.4 Å². The number of rotatable bonds is 8. The number of fused-ring (bicyclic) bond motifs is 1. The summed E-state index contributed by atoms with van der Waals surface area (Å²) in [5.74, 6) is 1.92. The fourth-order valence-electron chi connectivity index (χ4n) is 3.20. The van der Waals surface area contributed by atoms with Crippen molar-refractivity contribution < 1.29 is 14.3 Å². The predicted octanol–water partition coefficient (Wildman–Crippen LogP) is 4.30. The Morgan fingerprint density at radius 3 is 2.85 bits per heavy atom. The Labute approximate surface area is 159 Å². The smallest absolute Gasteiger partial charge is 0.227 e. The highest BCUT2D eigenvalue weighted by molar-refractivity contribution is 7.99. The number of methoxy groups -OCH3 is 2. The van der Waals surface area contributed by atoms with E-state index in [0.29, 0.717) is 13.0 Å². The molecule has 0 spiro atoms. The van der Waals surface area contributed by atoms with E-state index in [1.807, 2.05) is 29.2 Å². The number of anilines is 1. The Morgan fingerprint density at radius 2 is 2.04 bits per heavy atom. The zero-order chi connectivity index (χ0) is 18.4. The Kier molecular flexibility index (Phi) is 6.58. The average molecular weight is 372 g/mol. The molecular weight excluding hydrogens is 346 g/mol. The maximum absolute atomic E-state index is 12.6. The molecule has 0 saturated heterocycles. The van der Waals surface area contributed by atoms with Crippen molar-refractivity contribution >= 4 is 23.4 Å². The Bertz CT molecular complexity index is 763. The topological polar surface area (TPSA) is 38.8 Å². The molecule has 2 aromatic rings. The van der Waals surface area contributed by atoms with Gasteiger partial charge in [-0.2, -0.15) is 0 Å². The molecule has 2 aromatic carbocycles. The summed E-state index contributed by atoms with van der Waals surface area (Å²) >= 11 is 1.79. The van der Waals surface area contributed by atoms with Gasteiger partial charge in [0.1, 0.15) is 5.75 Å². The largest absolute Gasteiger partial charge is 0.497 e. The third-order valence-corrected chi connectivity index (χ3v) is 5.76. The number of amides is 1. The molecule has 0 atom stereocenters. The summed E-state index contributed by atoms with van der Waals surface area (Å²) in [6.45, 7) is 1.39. The van der Waals surface area contributed by atoms with E-state index in [2.05, 4.69) is 18.2 Å². The van der Waals surface area contributed by atoms with Crippen molar-refractivity contribution in [2.45, 2.75) is 30.8 Å². The lowest BCUT2D eigenvalue weighted by Crippen LogP contribution is -2.28. The second-order valence-corrected chi connectivity index (χ2v) is 7.42. The molecule has 0 aromatic heterocycles. The summed E-state index contributed by atoms with van der Waals surface area (Å²) in [5.41, 5.74) is 3.43. The zero-order valence-corrected chi connectivity index (χ0v) is 16.2. The normalized spacial score (nSPS) is 12.9. The maximum Gasteiger partial charge on any atom is 0.227 e. The van der Waals surface area contributed by atoms with Crippen molar-refractivity contribution in [3.8, 4) is 5.75 Å². The average Bonchev–Trinajstić information content (AvgIpc) is 3.09. The number of ether oxygens (including phenoxy) is 2. The van der Waals surface area contributed by atoms with E-state index >= 15 is 0 Å². The lowest BCUT2D eigenvalue weighted by molar-refractivity contribution is -0.118. The summed E-state index contributed by atoms with van der Waals surface area (Å²) in [4.78, 5) is 15.8. The fraction of sp³-hybridized carbons (Fsp3) is 0.381. The Morgan fingerprint density at radius 1 is 1.19 bits per heavy atom. The van der Waals surface area contributed by atoms with Crippen molar-refractivity contribution in [2.24, 2.45) is 0 Å². The molecule has 0 aliphatic carbocycles. The van der Waals surface area contributed by atoms with Gasteiger partial charge >= 0.3 is 0 Å². The molecule has 1 amide bonds. The minimum Gasteiger partial charge on any atom is -0.497 e. The van der Waals surface area contributed by atoms with Crippen LogP contribution >= 0.6 is 11.8 Å². The Balaban J connectivity index is 1.52. The van der Waals surface area contributed by atoms with Crippen molar-refractivity contribution in [3.63, 3.8) is 0 Å². The van der Waals surface area contributed by atoms with Crippen LogP contribution in [-0.2, 0) is 22.6 Å². The van der Waals surface area contributed by atoms with Gasteiger partial charge in [0.05, 0.1) is 19.4 Å². The molecule has 0 radical (unpaired) electrons. The van der Waals surface area contributed by atoms with Crippen LogP contribution in [0, 0.1) is 0 Å². The lowest BCUT2D eigenvalue weighted by Gasteiger charge is -2.18. The molecule has 1 heterocycles. The first-order valence-electron chi connectivity index (χ1n) is 8.90. The highest BCUT2D eigenvalue weighted by Crippen LogP contribution is 2.32. The van der Waals surface area contributed by atoms with E-state index in [1.54, 1.807) is 26.0 Å². The number of hydrogen-bond acceptors (Lipinski definition) is 4. The molecule has 0 fully saturated rings. The number of nitrogens with zero attached hydrogens (tertiary/aromatic N) is 1. The van der Waals surface area contributed by atoms with Crippen LogP contribution in [0.1, 0.15) is 24.0 Å². The van der Waals surface area contributed by atoms with E-state index in [0.717, 1.165) is 36.6 Å². The summed E-state index contributed by atoms with van der Waals surface area (Å²) in [6.07, 6.45) is 2.35. The minimum absolute atomic E-state index is 0.197. The number of carbonyl (C=O) groups is 1. The first-order valence-corrected chi connectivity index (χ1v) is 9.88. The van der Waals surface area contributed by atoms with Gasteiger partial charge in [-0.05, 0) is 41.9 Å². The monoisotopic (exact) mass is 371 g/mol. The van der Waals surface area contributed by atoms with Crippen LogP contribution in [0.15, 0.2) is 47.4 Å². The predicted molar refractivity (Wildman–Crippen MR) is 106 cm³/mol. The summed E-state index contributed by atoms with van der Waals surface area (Å²) < 4.78 is 10.5. The number of hydrogen-bond donors (Lipinski definition) is 0. The first-order chi connectivity index (χ1) is 12.7. The minimum atomic E-state index is 0.197.